The first kappa shape index (κ1) is 8.45. The summed E-state index contributed by atoms with van der Waals surface area (Å²) >= 11 is 6.68. The number of nitrogens with one attached hydrogen (secondary N) is 1. The molecule has 0 aliphatic rings. The maximum absolute atomic E-state index is 10.8. The number of halogens is 1. The number of carbonyl (C=O) groups excluding carboxylic acids is 1. The van der Waals surface area contributed by atoms with Crippen LogP contribution < -0.4 is 5.48 Å². The maximum atomic E-state index is 10.8. The third-order valence-electron chi connectivity index (χ3n) is 1.00. The van der Waals surface area contributed by atoms with Gasteiger partial charge in [0.05, 0.1) is 5.01 Å². The Bertz CT molecular complexity index is 286. The highest BCUT2D eigenvalue weighted by Gasteiger charge is 2.13. The average Bonchev–Trinajstić information content (AvgIpc) is 2.28. The summed E-state index contributed by atoms with van der Waals surface area (Å²) in [5.74, 6) is -0.624. The Morgan fingerprint density at radius 2 is 2.45 bits per heavy atom. The van der Waals surface area contributed by atoms with Gasteiger partial charge >= 0.3 is 0 Å². The van der Waals surface area contributed by atoms with Crippen molar-refractivity contribution < 1.29 is 10.0 Å². The average molecular weight is 193 g/mol. The van der Waals surface area contributed by atoms with Gasteiger partial charge in [0.2, 0.25) is 0 Å². The standard InChI is InChI=1S/C5H5ClN2O2S/c1-2-7-4(6)3(11-2)5(9)8-10/h10H,1H3,(H,8,9). The van der Waals surface area contributed by atoms with Crippen LogP contribution in [0.4, 0.5) is 0 Å². The Balaban J connectivity index is 3.03. The summed E-state index contributed by atoms with van der Waals surface area (Å²) in [6, 6.07) is 0. The molecule has 1 aromatic rings. The molecule has 1 amide bonds. The molecule has 1 rings (SSSR count). The highest BCUT2D eigenvalue weighted by atomic mass is 35.5. The van der Waals surface area contributed by atoms with Gasteiger partial charge in [0.15, 0.2) is 5.15 Å². The van der Waals surface area contributed by atoms with Crippen LogP contribution in [0.25, 0.3) is 0 Å². The molecule has 1 heterocycles. The molecule has 0 aromatic carbocycles. The molecule has 4 nitrogen and oxygen atoms in total. The SMILES string of the molecule is Cc1nc(Cl)c(C(=O)NO)s1. The van der Waals surface area contributed by atoms with Crippen molar-refractivity contribution in [2.45, 2.75) is 6.92 Å². The second kappa shape index (κ2) is 3.17. The van der Waals surface area contributed by atoms with Crippen molar-refractivity contribution in [2.75, 3.05) is 0 Å². The largest absolute Gasteiger partial charge is 0.288 e. The van der Waals surface area contributed by atoms with Gasteiger partial charge in [-0.2, -0.15) is 0 Å². The van der Waals surface area contributed by atoms with E-state index in [4.69, 9.17) is 16.8 Å². The minimum Gasteiger partial charge on any atom is -0.288 e. The van der Waals surface area contributed by atoms with Crippen LogP contribution in [0.5, 0.6) is 0 Å². The Kier molecular flexibility index (Phi) is 2.43. The predicted octanol–water partition coefficient (Wildman–Crippen LogP) is 1.22. The molecule has 11 heavy (non-hydrogen) atoms. The molecule has 1 aromatic heterocycles. The predicted molar refractivity (Wildman–Crippen MR) is 41.1 cm³/mol. The van der Waals surface area contributed by atoms with Gasteiger partial charge in [-0.15, -0.1) is 11.3 Å². The molecule has 0 aliphatic carbocycles. The first-order valence-electron chi connectivity index (χ1n) is 2.72. The topological polar surface area (TPSA) is 62.2 Å². The van der Waals surface area contributed by atoms with E-state index in [0.29, 0.717) is 5.01 Å². The van der Waals surface area contributed by atoms with Crippen molar-refractivity contribution in [3.05, 3.63) is 15.0 Å². The molecule has 0 fully saturated rings. The number of thiazole rings is 1. The van der Waals surface area contributed by atoms with Gasteiger partial charge in [0.1, 0.15) is 4.88 Å². The van der Waals surface area contributed by atoms with E-state index in [2.05, 4.69) is 4.98 Å². The van der Waals surface area contributed by atoms with Crippen LogP contribution in [0.3, 0.4) is 0 Å². The van der Waals surface area contributed by atoms with Crippen molar-refractivity contribution in [3.8, 4) is 0 Å². The van der Waals surface area contributed by atoms with E-state index in [1.54, 1.807) is 6.92 Å². The van der Waals surface area contributed by atoms with Crippen LogP contribution in [-0.2, 0) is 0 Å². The van der Waals surface area contributed by atoms with Crippen LogP contribution in [0.15, 0.2) is 0 Å². The van der Waals surface area contributed by atoms with Gasteiger partial charge in [-0.1, -0.05) is 11.6 Å². The zero-order valence-electron chi connectivity index (χ0n) is 5.59. The number of carbonyl (C=O) groups is 1. The summed E-state index contributed by atoms with van der Waals surface area (Å²) in [5.41, 5.74) is 1.48. The maximum Gasteiger partial charge on any atom is 0.287 e. The molecular formula is C5H5ClN2O2S. The van der Waals surface area contributed by atoms with Gasteiger partial charge in [0, 0.05) is 0 Å². The van der Waals surface area contributed by atoms with Crippen molar-refractivity contribution >= 4 is 28.8 Å². The van der Waals surface area contributed by atoms with Crippen molar-refractivity contribution in [2.24, 2.45) is 0 Å². The minimum absolute atomic E-state index is 0.124. The molecule has 60 valence electrons. The summed E-state index contributed by atoms with van der Waals surface area (Å²) < 4.78 is 0. The third kappa shape index (κ3) is 1.68. The molecule has 0 aliphatic heterocycles. The number of nitrogens with zero attached hydrogens (tertiary/aromatic N) is 1. The van der Waals surface area contributed by atoms with E-state index < -0.39 is 5.91 Å². The van der Waals surface area contributed by atoms with E-state index >= 15 is 0 Å². The van der Waals surface area contributed by atoms with E-state index in [9.17, 15) is 4.79 Å². The molecule has 0 atom stereocenters. The summed E-state index contributed by atoms with van der Waals surface area (Å²) in [7, 11) is 0. The lowest BCUT2D eigenvalue weighted by atomic mass is 10.5. The van der Waals surface area contributed by atoms with Crippen molar-refractivity contribution in [3.63, 3.8) is 0 Å². The Hall–Kier alpha value is -0.650. The number of aryl methyl sites for hydroxylation is 1. The van der Waals surface area contributed by atoms with Crippen LogP contribution in [0, 0.1) is 6.92 Å². The number of aromatic nitrogens is 1. The summed E-state index contributed by atoms with van der Waals surface area (Å²) in [6.45, 7) is 1.73. The number of hydrogen-bond donors (Lipinski definition) is 2. The smallest absolute Gasteiger partial charge is 0.287 e. The Morgan fingerprint density at radius 1 is 1.82 bits per heavy atom. The molecule has 0 unspecified atom stereocenters. The molecule has 0 bridgehead atoms. The zero-order chi connectivity index (χ0) is 8.43. The first-order chi connectivity index (χ1) is 5.15. The van der Waals surface area contributed by atoms with Crippen LogP contribution >= 0.6 is 22.9 Å². The lowest BCUT2D eigenvalue weighted by Gasteiger charge is -1.91. The second-order valence-corrected chi connectivity index (χ2v) is 3.35. The molecular weight excluding hydrogens is 188 g/mol. The third-order valence-corrected chi connectivity index (χ3v) is 2.36. The highest BCUT2D eigenvalue weighted by Crippen LogP contribution is 2.21. The minimum atomic E-state index is -0.624. The monoisotopic (exact) mass is 192 g/mol. The van der Waals surface area contributed by atoms with Gasteiger partial charge in [-0.3, -0.25) is 10.0 Å². The number of hydrogen-bond acceptors (Lipinski definition) is 4. The first-order valence-corrected chi connectivity index (χ1v) is 3.92. The zero-order valence-corrected chi connectivity index (χ0v) is 7.16. The van der Waals surface area contributed by atoms with Crippen LogP contribution in [0.1, 0.15) is 14.7 Å². The van der Waals surface area contributed by atoms with Crippen molar-refractivity contribution in [1.82, 2.24) is 10.5 Å². The van der Waals surface area contributed by atoms with Crippen molar-refractivity contribution in [1.29, 1.82) is 0 Å². The molecule has 2 N–H and O–H groups in total. The highest BCUT2D eigenvalue weighted by molar-refractivity contribution is 7.14. The summed E-state index contributed by atoms with van der Waals surface area (Å²) in [5, 5.41) is 9.06. The lowest BCUT2D eigenvalue weighted by Crippen LogP contribution is -2.17. The fourth-order valence-corrected chi connectivity index (χ4v) is 1.67. The molecule has 0 spiro atoms. The fraction of sp³-hybridized carbons (Fsp3) is 0.200. The molecule has 0 saturated heterocycles. The van der Waals surface area contributed by atoms with Gasteiger partial charge in [0.25, 0.3) is 5.91 Å². The Morgan fingerprint density at radius 3 is 2.82 bits per heavy atom. The summed E-state index contributed by atoms with van der Waals surface area (Å²) in [6.07, 6.45) is 0. The summed E-state index contributed by atoms with van der Waals surface area (Å²) in [4.78, 5) is 14.8. The van der Waals surface area contributed by atoms with Crippen LogP contribution in [0.2, 0.25) is 5.15 Å². The second-order valence-electron chi connectivity index (χ2n) is 1.79. The number of amides is 1. The Labute approximate surface area is 71.8 Å². The fourth-order valence-electron chi connectivity index (χ4n) is 0.592. The molecule has 6 heteroatoms. The van der Waals surface area contributed by atoms with E-state index in [-0.39, 0.29) is 10.0 Å². The van der Waals surface area contributed by atoms with Gasteiger partial charge < -0.3 is 0 Å². The lowest BCUT2D eigenvalue weighted by molar-refractivity contribution is 0.0711. The van der Waals surface area contributed by atoms with Gasteiger partial charge in [-0.25, -0.2) is 10.5 Å². The van der Waals surface area contributed by atoms with Crippen LogP contribution in [-0.4, -0.2) is 16.1 Å². The normalized spacial score (nSPS) is 9.73. The van der Waals surface area contributed by atoms with E-state index in [1.807, 2.05) is 0 Å². The van der Waals surface area contributed by atoms with E-state index in [0.717, 1.165) is 11.3 Å². The number of hydroxylamine groups is 1. The van der Waals surface area contributed by atoms with E-state index in [1.165, 1.54) is 5.48 Å². The quantitative estimate of drug-likeness (QED) is 0.520. The molecule has 0 radical (unpaired) electrons. The van der Waals surface area contributed by atoms with Gasteiger partial charge in [-0.05, 0) is 6.92 Å². The number of rotatable bonds is 1. The molecule has 0 saturated carbocycles.